The number of hydrogen-bond acceptors (Lipinski definition) is 3. The van der Waals surface area contributed by atoms with Crippen LogP contribution < -0.4 is 5.90 Å². The zero-order chi connectivity index (χ0) is 6.53. The Morgan fingerprint density at radius 3 is 2.50 bits per heavy atom. The van der Waals surface area contributed by atoms with Gasteiger partial charge in [0.2, 0.25) is 0 Å². The van der Waals surface area contributed by atoms with Gasteiger partial charge in [0, 0.05) is 12.4 Å². The Bertz CT molecular complexity index is 169. The maximum Gasteiger partial charge on any atom is 0.0931 e. The van der Waals surface area contributed by atoms with Gasteiger partial charge >= 0.3 is 0 Å². The average Bonchev–Trinajstić information content (AvgIpc) is 1.91. The molecule has 10 heavy (non-hydrogen) atoms. The molecule has 0 aliphatic carbocycles. The molecule has 0 saturated heterocycles. The molecule has 1 aromatic rings. The number of nitrogens with zero attached hydrogens (tertiary/aromatic N) is 1. The molecule has 1 heterocycles. The molecule has 0 aliphatic rings. The fourth-order valence-electron chi connectivity index (χ4n) is 0.575. The maximum atomic E-state index is 4.84. The second-order valence-corrected chi connectivity index (χ2v) is 1.67. The summed E-state index contributed by atoms with van der Waals surface area (Å²) in [6, 6.07) is 3.71. The van der Waals surface area contributed by atoms with E-state index < -0.39 is 0 Å². The first-order valence-corrected chi connectivity index (χ1v) is 2.64. The Morgan fingerprint density at radius 2 is 2.00 bits per heavy atom. The minimum atomic E-state index is 0. The summed E-state index contributed by atoms with van der Waals surface area (Å²) >= 11 is 0. The van der Waals surface area contributed by atoms with Gasteiger partial charge in [-0.25, -0.2) is 5.90 Å². The van der Waals surface area contributed by atoms with Crippen LogP contribution >= 0.6 is 12.4 Å². The predicted molar refractivity (Wildman–Crippen MR) is 40.5 cm³/mol. The molecule has 1 aromatic heterocycles. The molecule has 0 unspecified atom stereocenters. The van der Waals surface area contributed by atoms with Crippen LogP contribution in [0.2, 0.25) is 0 Å². The number of halogens is 1. The second kappa shape index (κ2) is 5.17. The molecule has 56 valence electrons. The summed E-state index contributed by atoms with van der Waals surface area (Å²) in [5.74, 6) is 4.84. The molecule has 4 heteroatoms. The van der Waals surface area contributed by atoms with Crippen LogP contribution in [0.1, 0.15) is 5.56 Å². The molecule has 0 spiro atoms. The smallest absolute Gasteiger partial charge is 0.0931 e. The van der Waals surface area contributed by atoms with Gasteiger partial charge in [-0.05, 0) is 17.7 Å². The highest BCUT2D eigenvalue weighted by atomic mass is 35.5. The van der Waals surface area contributed by atoms with Crippen molar-refractivity contribution in [1.29, 1.82) is 0 Å². The summed E-state index contributed by atoms with van der Waals surface area (Å²) in [5, 5.41) is 0. The summed E-state index contributed by atoms with van der Waals surface area (Å²) in [5.41, 5.74) is 1.03. The number of hydrogen-bond donors (Lipinski definition) is 1. The summed E-state index contributed by atoms with van der Waals surface area (Å²) in [6.45, 7) is 0.447. The molecule has 0 radical (unpaired) electrons. The summed E-state index contributed by atoms with van der Waals surface area (Å²) < 4.78 is 0. The molecule has 0 atom stereocenters. The van der Waals surface area contributed by atoms with Crippen LogP contribution in [0, 0.1) is 0 Å². The zero-order valence-corrected chi connectivity index (χ0v) is 6.17. The highest BCUT2D eigenvalue weighted by Gasteiger charge is 1.85. The van der Waals surface area contributed by atoms with E-state index in [0.717, 1.165) is 5.56 Å². The van der Waals surface area contributed by atoms with Gasteiger partial charge in [0.25, 0.3) is 0 Å². The Hall–Kier alpha value is -0.640. The molecule has 3 nitrogen and oxygen atoms in total. The lowest BCUT2D eigenvalue weighted by Gasteiger charge is -1.94. The lowest BCUT2D eigenvalue weighted by molar-refractivity contribution is 0.124. The number of aromatic nitrogens is 1. The van der Waals surface area contributed by atoms with E-state index in [4.69, 9.17) is 5.90 Å². The molecule has 0 bridgehead atoms. The van der Waals surface area contributed by atoms with Crippen LogP contribution in [0.25, 0.3) is 0 Å². The fraction of sp³-hybridized carbons (Fsp3) is 0.167. The Balaban J connectivity index is 0.000000810. The fourth-order valence-corrected chi connectivity index (χ4v) is 0.575. The van der Waals surface area contributed by atoms with Crippen LogP contribution in [0.15, 0.2) is 24.5 Å². The third-order valence-corrected chi connectivity index (χ3v) is 0.999. The predicted octanol–water partition coefficient (Wildman–Crippen LogP) is 0.894. The van der Waals surface area contributed by atoms with Crippen molar-refractivity contribution in [1.82, 2.24) is 4.98 Å². The first-order valence-electron chi connectivity index (χ1n) is 2.64. The van der Waals surface area contributed by atoms with Crippen molar-refractivity contribution in [3.8, 4) is 0 Å². The van der Waals surface area contributed by atoms with E-state index in [0.29, 0.717) is 6.61 Å². The molecule has 2 N–H and O–H groups in total. The van der Waals surface area contributed by atoms with E-state index in [1.54, 1.807) is 12.4 Å². The van der Waals surface area contributed by atoms with Crippen molar-refractivity contribution < 1.29 is 4.84 Å². The monoisotopic (exact) mass is 160 g/mol. The Morgan fingerprint density at radius 1 is 1.40 bits per heavy atom. The molecule has 0 saturated carbocycles. The van der Waals surface area contributed by atoms with Crippen LogP contribution in [-0.2, 0) is 11.4 Å². The standard InChI is InChI=1S/C6H8N2O.ClH/c7-9-5-6-1-3-8-4-2-6;/h1-4H,5,7H2;1H. The number of rotatable bonds is 2. The van der Waals surface area contributed by atoms with Crippen molar-refractivity contribution in [2.75, 3.05) is 0 Å². The van der Waals surface area contributed by atoms with E-state index in [-0.39, 0.29) is 12.4 Å². The Kier molecular flexibility index (Phi) is 4.84. The third-order valence-electron chi connectivity index (χ3n) is 0.999. The van der Waals surface area contributed by atoms with Gasteiger partial charge in [-0.1, -0.05) is 0 Å². The van der Waals surface area contributed by atoms with Gasteiger partial charge in [0.15, 0.2) is 0 Å². The van der Waals surface area contributed by atoms with Crippen molar-refractivity contribution in [2.45, 2.75) is 6.61 Å². The number of nitrogens with two attached hydrogens (primary N) is 1. The van der Waals surface area contributed by atoms with Crippen LogP contribution in [0.3, 0.4) is 0 Å². The van der Waals surface area contributed by atoms with Gasteiger partial charge in [-0.15, -0.1) is 12.4 Å². The first kappa shape index (κ1) is 9.36. The quantitative estimate of drug-likeness (QED) is 0.654. The lowest BCUT2D eigenvalue weighted by atomic mass is 10.3. The first-order chi connectivity index (χ1) is 4.43. The minimum Gasteiger partial charge on any atom is -0.300 e. The van der Waals surface area contributed by atoms with Crippen LogP contribution in [-0.4, -0.2) is 4.98 Å². The molecule has 0 amide bonds. The van der Waals surface area contributed by atoms with E-state index in [1.807, 2.05) is 12.1 Å². The summed E-state index contributed by atoms with van der Waals surface area (Å²) in [7, 11) is 0. The minimum absolute atomic E-state index is 0. The van der Waals surface area contributed by atoms with E-state index >= 15 is 0 Å². The zero-order valence-electron chi connectivity index (χ0n) is 5.36. The average molecular weight is 161 g/mol. The molecule has 1 rings (SSSR count). The third kappa shape index (κ3) is 2.77. The van der Waals surface area contributed by atoms with Crippen LogP contribution in [0.4, 0.5) is 0 Å². The normalized spacial score (nSPS) is 8.50. The van der Waals surface area contributed by atoms with Gasteiger partial charge in [-0.2, -0.15) is 0 Å². The van der Waals surface area contributed by atoms with Crippen molar-refractivity contribution >= 4 is 12.4 Å². The molecule has 0 aliphatic heterocycles. The van der Waals surface area contributed by atoms with Gasteiger partial charge in [-0.3, -0.25) is 9.82 Å². The topological polar surface area (TPSA) is 48.1 Å². The summed E-state index contributed by atoms with van der Waals surface area (Å²) in [6.07, 6.45) is 3.41. The van der Waals surface area contributed by atoms with Crippen LogP contribution in [0.5, 0.6) is 0 Å². The molecule has 0 aromatic carbocycles. The van der Waals surface area contributed by atoms with Crippen molar-refractivity contribution in [3.63, 3.8) is 0 Å². The van der Waals surface area contributed by atoms with E-state index in [2.05, 4.69) is 9.82 Å². The van der Waals surface area contributed by atoms with Crippen molar-refractivity contribution in [2.24, 2.45) is 5.90 Å². The van der Waals surface area contributed by atoms with Crippen molar-refractivity contribution in [3.05, 3.63) is 30.1 Å². The molecule has 0 fully saturated rings. The van der Waals surface area contributed by atoms with Gasteiger partial charge < -0.3 is 0 Å². The SMILES string of the molecule is Cl.NOCc1ccncc1. The second-order valence-electron chi connectivity index (χ2n) is 1.67. The summed E-state index contributed by atoms with van der Waals surface area (Å²) in [4.78, 5) is 8.23. The molecular weight excluding hydrogens is 152 g/mol. The highest BCUT2D eigenvalue weighted by Crippen LogP contribution is 1.95. The van der Waals surface area contributed by atoms with E-state index in [1.165, 1.54) is 0 Å². The largest absolute Gasteiger partial charge is 0.300 e. The van der Waals surface area contributed by atoms with Gasteiger partial charge in [0.05, 0.1) is 6.61 Å². The highest BCUT2D eigenvalue weighted by molar-refractivity contribution is 5.85. The molecular formula is C6H9ClN2O. The lowest BCUT2D eigenvalue weighted by Crippen LogP contribution is -1.98. The maximum absolute atomic E-state index is 4.84. The van der Waals surface area contributed by atoms with Gasteiger partial charge in [0.1, 0.15) is 0 Å². The Labute approximate surface area is 65.6 Å². The number of pyridine rings is 1. The van der Waals surface area contributed by atoms with E-state index in [9.17, 15) is 0 Å².